The lowest BCUT2D eigenvalue weighted by Gasteiger charge is -2.40. The molecule has 4 saturated carbocycles. The molecule has 114 valence electrons. The van der Waals surface area contributed by atoms with E-state index in [9.17, 15) is 0 Å². The van der Waals surface area contributed by atoms with Gasteiger partial charge in [0.15, 0.2) is 0 Å². The van der Waals surface area contributed by atoms with Gasteiger partial charge in [-0.15, -0.1) is 0 Å². The van der Waals surface area contributed by atoms with Crippen LogP contribution in [0, 0.1) is 58.7 Å². The highest BCUT2D eigenvalue weighted by Crippen LogP contribution is 2.72. The molecule has 0 bridgehead atoms. The standard InChI is InChI=1S/C20H34/c1-11-6-14-7-12(2)9-16-18(15(14)8-11)13(3)10-17-19(16)20(17,4)5/h11-19H,6-10H2,1-5H3/t11?,12?,13?,14?,15-,16?,17?,18?,19?/m1/s1. The van der Waals surface area contributed by atoms with Crippen LogP contribution in [0.3, 0.4) is 0 Å². The lowest BCUT2D eigenvalue weighted by molar-refractivity contribution is 0.0774. The van der Waals surface area contributed by atoms with Crippen molar-refractivity contribution in [3.8, 4) is 0 Å². The maximum absolute atomic E-state index is 2.61. The van der Waals surface area contributed by atoms with Crippen molar-refractivity contribution in [3.63, 3.8) is 0 Å². The Morgan fingerprint density at radius 3 is 2.00 bits per heavy atom. The monoisotopic (exact) mass is 274 g/mol. The van der Waals surface area contributed by atoms with Gasteiger partial charge >= 0.3 is 0 Å². The maximum Gasteiger partial charge on any atom is -0.0289 e. The topological polar surface area (TPSA) is 0 Å². The summed E-state index contributed by atoms with van der Waals surface area (Å²) in [6.45, 7) is 12.8. The van der Waals surface area contributed by atoms with Gasteiger partial charge in [0.25, 0.3) is 0 Å². The second-order valence-corrected chi connectivity index (χ2v) is 9.98. The molecular formula is C20H34. The lowest BCUT2D eigenvalue weighted by atomic mass is 9.64. The first-order valence-corrected chi connectivity index (χ1v) is 9.39. The average molecular weight is 274 g/mol. The third-order valence-corrected chi connectivity index (χ3v) is 8.24. The summed E-state index contributed by atoms with van der Waals surface area (Å²) >= 11 is 0. The second kappa shape index (κ2) is 4.26. The molecule has 0 nitrogen and oxygen atoms in total. The molecule has 4 aliphatic carbocycles. The second-order valence-electron chi connectivity index (χ2n) is 9.98. The van der Waals surface area contributed by atoms with E-state index in [1.807, 2.05) is 0 Å². The summed E-state index contributed by atoms with van der Waals surface area (Å²) < 4.78 is 0. The number of hydrogen-bond acceptors (Lipinski definition) is 0. The Hall–Kier alpha value is 0. The predicted molar refractivity (Wildman–Crippen MR) is 85.3 cm³/mol. The van der Waals surface area contributed by atoms with E-state index in [0.717, 1.165) is 53.3 Å². The largest absolute Gasteiger partial charge is 0.0625 e. The quantitative estimate of drug-likeness (QED) is 0.537. The van der Waals surface area contributed by atoms with E-state index >= 15 is 0 Å². The van der Waals surface area contributed by atoms with Gasteiger partial charge in [0.05, 0.1) is 0 Å². The smallest absolute Gasteiger partial charge is 0.0289 e. The van der Waals surface area contributed by atoms with Crippen molar-refractivity contribution < 1.29 is 0 Å². The van der Waals surface area contributed by atoms with Crippen LogP contribution in [0.15, 0.2) is 0 Å². The van der Waals surface area contributed by atoms with Crippen LogP contribution in [0.25, 0.3) is 0 Å². The number of fused-ring (bicyclic) bond motifs is 5. The highest BCUT2D eigenvalue weighted by Gasteiger charge is 2.66. The van der Waals surface area contributed by atoms with E-state index in [1.165, 1.54) is 0 Å². The van der Waals surface area contributed by atoms with Crippen LogP contribution < -0.4 is 0 Å². The molecule has 0 N–H and O–H groups in total. The van der Waals surface area contributed by atoms with Gasteiger partial charge in [0, 0.05) is 0 Å². The van der Waals surface area contributed by atoms with Crippen LogP contribution >= 0.6 is 0 Å². The van der Waals surface area contributed by atoms with Crippen LogP contribution in [0.2, 0.25) is 0 Å². The highest BCUT2D eigenvalue weighted by molar-refractivity contribution is 5.14. The summed E-state index contributed by atoms with van der Waals surface area (Å²) in [4.78, 5) is 0. The van der Waals surface area contributed by atoms with Crippen molar-refractivity contribution in [2.75, 3.05) is 0 Å². The van der Waals surface area contributed by atoms with Crippen molar-refractivity contribution in [3.05, 3.63) is 0 Å². The molecule has 0 aromatic heterocycles. The molecule has 0 heterocycles. The zero-order chi connectivity index (χ0) is 14.2. The third kappa shape index (κ3) is 1.78. The van der Waals surface area contributed by atoms with Gasteiger partial charge in [-0.2, -0.15) is 0 Å². The van der Waals surface area contributed by atoms with E-state index in [-0.39, 0.29) is 0 Å². The van der Waals surface area contributed by atoms with Gasteiger partial charge in [0.1, 0.15) is 0 Å². The molecule has 0 amide bonds. The summed E-state index contributed by atoms with van der Waals surface area (Å²) in [5, 5.41) is 0. The Kier molecular flexibility index (Phi) is 2.91. The number of rotatable bonds is 0. The van der Waals surface area contributed by atoms with E-state index in [1.54, 1.807) is 32.1 Å². The normalized spacial score (nSPS) is 60.1. The molecular weight excluding hydrogens is 240 g/mol. The van der Waals surface area contributed by atoms with Gasteiger partial charge in [0.2, 0.25) is 0 Å². The predicted octanol–water partition coefficient (Wildman–Crippen LogP) is 5.62. The molecule has 8 unspecified atom stereocenters. The Bertz CT molecular complexity index is 395. The summed E-state index contributed by atoms with van der Waals surface area (Å²) in [6.07, 6.45) is 7.75. The maximum atomic E-state index is 2.61. The Labute approximate surface area is 126 Å². The first kappa shape index (κ1) is 13.6. The minimum atomic E-state index is 0.678. The molecule has 4 aliphatic rings. The van der Waals surface area contributed by atoms with Gasteiger partial charge < -0.3 is 0 Å². The van der Waals surface area contributed by atoms with Crippen molar-refractivity contribution in [2.24, 2.45) is 58.7 Å². The fourth-order valence-electron chi connectivity index (χ4n) is 7.61. The molecule has 0 saturated heterocycles. The minimum absolute atomic E-state index is 0.678. The van der Waals surface area contributed by atoms with Crippen molar-refractivity contribution >= 4 is 0 Å². The molecule has 9 atom stereocenters. The van der Waals surface area contributed by atoms with Crippen molar-refractivity contribution in [1.29, 1.82) is 0 Å². The van der Waals surface area contributed by atoms with E-state index in [0.29, 0.717) is 5.41 Å². The molecule has 0 radical (unpaired) electrons. The first-order chi connectivity index (χ1) is 9.39. The summed E-state index contributed by atoms with van der Waals surface area (Å²) in [5.41, 5.74) is 0.678. The highest BCUT2D eigenvalue weighted by atomic mass is 14.7. The van der Waals surface area contributed by atoms with Gasteiger partial charge in [-0.1, -0.05) is 34.6 Å². The fraction of sp³-hybridized carbons (Fsp3) is 1.00. The first-order valence-electron chi connectivity index (χ1n) is 9.39. The van der Waals surface area contributed by atoms with Crippen LogP contribution in [0.1, 0.15) is 66.7 Å². The Morgan fingerprint density at radius 2 is 1.35 bits per heavy atom. The Balaban J connectivity index is 1.68. The zero-order valence-corrected chi connectivity index (χ0v) is 14.2. The lowest BCUT2D eigenvalue weighted by Crippen LogP contribution is -2.34. The summed E-state index contributed by atoms with van der Waals surface area (Å²) in [5.74, 6) is 9.49. The summed E-state index contributed by atoms with van der Waals surface area (Å²) in [6, 6.07) is 0. The van der Waals surface area contributed by atoms with Crippen LogP contribution in [0.5, 0.6) is 0 Å². The molecule has 0 aliphatic heterocycles. The molecule has 0 spiro atoms. The SMILES string of the molecule is CC1CC2C(C(C)CC3C2C3(C)C)[C@@H]2CC(C)CC2C1. The van der Waals surface area contributed by atoms with Crippen LogP contribution in [0.4, 0.5) is 0 Å². The minimum Gasteiger partial charge on any atom is -0.0625 e. The number of hydrogen-bond donors (Lipinski definition) is 0. The molecule has 0 aromatic rings. The third-order valence-electron chi connectivity index (χ3n) is 8.24. The van der Waals surface area contributed by atoms with E-state index in [2.05, 4.69) is 34.6 Å². The van der Waals surface area contributed by atoms with Gasteiger partial charge in [-0.25, -0.2) is 0 Å². The molecule has 4 fully saturated rings. The molecule has 0 aromatic carbocycles. The van der Waals surface area contributed by atoms with Crippen molar-refractivity contribution in [1.82, 2.24) is 0 Å². The van der Waals surface area contributed by atoms with E-state index in [4.69, 9.17) is 0 Å². The summed E-state index contributed by atoms with van der Waals surface area (Å²) in [7, 11) is 0. The van der Waals surface area contributed by atoms with Crippen molar-refractivity contribution in [2.45, 2.75) is 66.7 Å². The molecule has 20 heavy (non-hydrogen) atoms. The molecule has 0 heteroatoms. The van der Waals surface area contributed by atoms with E-state index < -0.39 is 0 Å². The van der Waals surface area contributed by atoms with Gasteiger partial charge in [-0.05, 0) is 90.8 Å². The Morgan fingerprint density at radius 1 is 0.750 bits per heavy atom. The molecule has 4 rings (SSSR count). The van der Waals surface area contributed by atoms with Gasteiger partial charge in [-0.3, -0.25) is 0 Å². The van der Waals surface area contributed by atoms with Crippen LogP contribution in [-0.2, 0) is 0 Å². The van der Waals surface area contributed by atoms with Crippen LogP contribution in [-0.4, -0.2) is 0 Å². The average Bonchev–Trinajstić information content (AvgIpc) is 2.73. The zero-order valence-electron chi connectivity index (χ0n) is 14.2. The fourth-order valence-corrected chi connectivity index (χ4v) is 7.61.